The summed E-state index contributed by atoms with van der Waals surface area (Å²) >= 11 is 0. The summed E-state index contributed by atoms with van der Waals surface area (Å²) < 4.78 is 4.34. The van der Waals surface area contributed by atoms with Crippen molar-refractivity contribution in [2.45, 2.75) is 0 Å². The number of carboxylic acid groups (broad SMARTS) is 1. The summed E-state index contributed by atoms with van der Waals surface area (Å²) in [5.74, 6) is 0.197. The molecule has 0 spiro atoms. The van der Waals surface area contributed by atoms with Crippen molar-refractivity contribution in [2.24, 2.45) is 0 Å². The van der Waals surface area contributed by atoms with Crippen LogP contribution in [0.15, 0.2) is 36.4 Å². The van der Waals surface area contributed by atoms with Crippen molar-refractivity contribution in [3.8, 4) is 0 Å². The van der Waals surface area contributed by atoms with E-state index in [1.807, 2.05) is 0 Å². The Morgan fingerprint density at radius 1 is 1.45 bits per heavy atom. The van der Waals surface area contributed by atoms with E-state index in [1.165, 1.54) is 6.08 Å². The highest BCUT2D eigenvalue weighted by molar-refractivity contribution is 5.58. The van der Waals surface area contributed by atoms with Crippen molar-refractivity contribution in [1.29, 1.82) is 0 Å². The first kappa shape index (κ1) is 7.40. The van der Waals surface area contributed by atoms with Gasteiger partial charge < -0.3 is 15.2 Å². The largest absolute Gasteiger partial charge is 0.512 e. The zero-order chi connectivity index (χ0) is 8.10. The zero-order valence-corrected chi connectivity index (χ0v) is 5.65. The second kappa shape index (κ2) is 3.46. The van der Waals surface area contributed by atoms with E-state index in [-0.39, 0.29) is 5.88 Å². The van der Waals surface area contributed by atoms with Gasteiger partial charge in [0.15, 0.2) is 0 Å². The van der Waals surface area contributed by atoms with Gasteiger partial charge in [-0.05, 0) is 12.2 Å². The van der Waals surface area contributed by atoms with Gasteiger partial charge in [-0.3, -0.25) is 0 Å². The lowest BCUT2D eigenvalue weighted by Crippen LogP contribution is -2.11. The highest BCUT2D eigenvalue weighted by atomic mass is 16.7. The SMILES string of the molecule is O=C(O)OC1=CC=CC=CN1. The Kier molecular flexibility index (Phi) is 2.32. The van der Waals surface area contributed by atoms with Gasteiger partial charge >= 0.3 is 6.16 Å². The van der Waals surface area contributed by atoms with Gasteiger partial charge in [0.25, 0.3) is 0 Å². The molecule has 0 radical (unpaired) electrons. The fourth-order valence-corrected chi connectivity index (χ4v) is 0.599. The molecule has 1 aliphatic heterocycles. The van der Waals surface area contributed by atoms with E-state index in [0.29, 0.717) is 0 Å². The van der Waals surface area contributed by atoms with Crippen molar-refractivity contribution in [2.75, 3.05) is 0 Å². The van der Waals surface area contributed by atoms with E-state index < -0.39 is 6.16 Å². The molecular formula is C7H7NO3. The molecule has 0 atom stereocenters. The molecule has 0 aromatic carbocycles. The van der Waals surface area contributed by atoms with Crippen LogP contribution in [0, 0.1) is 0 Å². The molecule has 0 aliphatic carbocycles. The molecule has 1 aliphatic rings. The number of hydrogen-bond acceptors (Lipinski definition) is 3. The molecule has 2 N–H and O–H groups in total. The molecule has 1 rings (SSSR count). The molecule has 58 valence electrons. The first-order valence-corrected chi connectivity index (χ1v) is 3.00. The Morgan fingerprint density at radius 2 is 2.27 bits per heavy atom. The molecule has 4 heteroatoms. The van der Waals surface area contributed by atoms with E-state index in [4.69, 9.17) is 5.11 Å². The summed E-state index contributed by atoms with van der Waals surface area (Å²) in [4.78, 5) is 10.0. The minimum absolute atomic E-state index is 0.197. The summed E-state index contributed by atoms with van der Waals surface area (Å²) in [6, 6.07) is 0. The van der Waals surface area contributed by atoms with Crippen LogP contribution in [0.2, 0.25) is 0 Å². The molecule has 0 fully saturated rings. The molecule has 0 unspecified atom stereocenters. The van der Waals surface area contributed by atoms with Gasteiger partial charge in [-0.2, -0.15) is 0 Å². The maximum atomic E-state index is 10.0. The molecule has 0 saturated heterocycles. The van der Waals surface area contributed by atoms with Gasteiger partial charge in [0.1, 0.15) is 0 Å². The molecule has 0 aromatic heterocycles. The number of rotatable bonds is 1. The van der Waals surface area contributed by atoms with Gasteiger partial charge in [-0.1, -0.05) is 12.2 Å². The Labute approximate surface area is 63.5 Å². The van der Waals surface area contributed by atoms with Gasteiger partial charge in [-0.15, -0.1) is 0 Å². The predicted octanol–water partition coefficient (Wildman–Crippen LogP) is 1.20. The van der Waals surface area contributed by atoms with Crippen molar-refractivity contribution in [3.63, 3.8) is 0 Å². The van der Waals surface area contributed by atoms with E-state index in [9.17, 15) is 4.79 Å². The van der Waals surface area contributed by atoms with E-state index in [0.717, 1.165) is 0 Å². The Hall–Kier alpha value is -1.71. The van der Waals surface area contributed by atoms with Gasteiger partial charge in [0.2, 0.25) is 5.88 Å². The van der Waals surface area contributed by atoms with Crippen LogP contribution in [-0.2, 0) is 4.74 Å². The Balaban J connectivity index is 2.57. The highest BCUT2D eigenvalue weighted by Crippen LogP contribution is 1.97. The fraction of sp³-hybridized carbons (Fsp3) is 0. The average molecular weight is 153 g/mol. The maximum Gasteiger partial charge on any atom is 0.512 e. The third kappa shape index (κ3) is 2.57. The number of nitrogens with one attached hydrogen (secondary N) is 1. The minimum Gasteiger partial charge on any atom is -0.449 e. The number of hydrogen-bond donors (Lipinski definition) is 2. The predicted molar refractivity (Wildman–Crippen MR) is 38.6 cm³/mol. The van der Waals surface area contributed by atoms with Gasteiger partial charge in [-0.25, -0.2) is 4.79 Å². The molecule has 0 aromatic rings. The molecule has 4 nitrogen and oxygen atoms in total. The fourth-order valence-electron chi connectivity index (χ4n) is 0.599. The standard InChI is InChI=1S/C7H7NO3/c9-7(10)11-6-4-2-1-3-5-8-6/h1-5,8H,(H,9,10). The molecule has 0 bridgehead atoms. The first-order valence-electron chi connectivity index (χ1n) is 3.00. The van der Waals surface area contributed by atoms with Crippen molar-refractivity contribution >= 4 is 6.16 Å². The summed E-state index contributed by atoms with van der Waals surface area (Å²) in [6.07, 6.45) is 6.94. The maximum absolute atomic E-state index is 10.0. The molecule has 11 heavy (non-hydrogen) atoms. The Bertz CT molecular complexity index is 240. The van der Waals surface area contributed by atoms with Crippen LogP contribution < -0.4 is 5.32 Å². The summed E-state index contributed by atoms with van der Waals surface area (Å²) in [5.41, 5.74) is 0. The zero-order valence-electron chi connectivity index (χ0n) is 5.65. The van der Waals surface area contributed by atoms with Crippen LogP contribution in [0.1, 0.15) is 0 Å². The number of allylic oxidation sites excluding steroid dienone is 4. The van der Waals surface area contributed by atoms with E-state index in [2.05, 4.69) is 10.1 Å². The summed E-state index contributed by atoms with van der Waals surface area (Å²) in [5, 5.41) is 10.8. The lowest BCUT2D eigenvalue weighted by Gasteiger charge is -2.01. The van der Waals surface area contributed by atoms with Crippen molar-refractivity contribution in [3.05, 3.63) is 36.4 Å². The monoisotopic (exact) mass is 153 g/mol. The lowest BCUT2D eigenvalue weighted by atomic mass is 10.5. The highest BCUT2D eigenvalue weighted by Gasteiger charge is 2.00. The van der Waals surface area contributed by atoms with E-state index >= 15 is 0 Å². The van der Waals surface area contributed by atoms with Crippen LogP contribution >= 0.6 is 0 Å². The van der Waals surface area contributed by atoms with Crippen LogP contribution in [-0.4, -0.2) is 11.3 Å². The lowest BCUT2D eigenvalue weighted by molar-refractivity contribution is 0.115. The van der Waals surface area contributed by atoms with Gasteiger partial charge in [0, 0.05) is 6.20 Å². The third-order valence-electron chi connectivity index (χ3n) is 0.989. The van der Waals surface area contributed by atoms with E-state index in [1.54, 1.807) is 24.4 Å². The normalized spacial score (nSPS) is 14.7. The Morgan fingerprint density at radius 3 is 3.00 bits per heavy atom. The second-order valence-electron chi connectivity index (χ2n) is 1.79. The van der Waals surface area contributed by atoms with Crippen LogP contribution in [0.3, 0.4) is 0 Å². The molecule has 1 heterocycles. The topological polar surface area (TPSA) is 58.6 Å². The number of carbonyl (C=O) groups is 1. The third-order valence-corrected chi connectivity index (χ3v) is 0.989. The molecular weight excluding hydrogens is 146 g/mol. The quantitative estimate of drug-likeness (QED) is 0.555. The van der Waals surface area contributed by atoms with Crippen molar-refractivity contribution in [1.82, 2.24) is 5.32 Å². The molecule has 0 saturated carbocycles. The summed E-state index contributed by atoms with van der Waals surface area (Å²) in [6.45, 7) is 0. The van der Waals surface area contributed by atoms with Gasteiger partial charge in [0.05, 0.1) is 0 Å². The smallest absolute Gasteiger partial charge is 0.449 e. The van der Waals surface area contributed by atoms with Crippen LogP contribution in [0.4, 0.5) is 4.79 Å². The number of ether oxygens (including phenoxy) is 1. The second-order valence-corrected chi connectivity index (χ2v) is 1.79. The van der Waals surface area contributed by atoms with Crippen molar-refractivity contribution < 1.29 is 14.6 Å². The van der Waals surface area contributed by atoms with Crippen LogP contribution in [0.5, 0.6) is 0 Å². The first-order chi connectivity index (χ1) is 5.29. The molecule has 0 amide bonds. The minimum atomic E-state index is -1.33. The average Bonchev–Trinajstić information content (AvgIpc) is 2.14. The van der Waals surface area contributed by atoms with Crippen LogP contribution in [0.25, 0.3) is 0 Å². The summed E-state index contributed by atoms with van der Waals surface area (Å²) in [7, 11) is 0.